The molecule has 6 heavy (non-hydrogen) atoms. The van der Waals surface area contributed by atoms with Gasteiger partial charge >= 0.3 is 37.9 Å². The van der Waals surface area contributed by atoms with E-state index >= 15 is 0 Å². The van der Waals surface area contributed by atoms with Gasteiger partial charge in [-0.25, -0.2) is 0 Å². The number of hydrogen-bond acceptors (Lipinski definition) is 3. The predicted octanol–water partition coefficient (Wildman–Crippen LogP) is -1.50. The molecule has 2 unspecified atom stereocenters. The van der Waals surface area contributed by atoms with Gasteiger partial charge in [-0.1, -0.05) is 0 Å². The topological polar surface area (TPSA) is 77.4 Å². The van der Waals surface area contributed by atoms with E-state index in [0.29, 0.717) is 0 Å². The van der Waals surface area contributed by atoms with Crippen LogP contribution in [0.2, 0.25) is 0 Å². The molecule has 0 bridgehead atoms. The molecule has 6 heteroatoms. The van der Waals surface area contributed by atoms with E-state index in [0.717, 1.165) is 0 Å². The van der Waals surface area contributed by atoms with Crippen molar-refractivity contribution < 1.29 is 17.5 Å². The van der Waals surface area contributed by atoms with Gasteiger partial charge in [0.2, 0.25) is 0 Å². The van der Waals surface area contributed by atoms with Crippen molar-refractivity contribution in [2.75, 3.05) is 0 Å². The molecule has 0 aliphatic carbocycles. The molecule has 0 radical (unpaired) electrons. The summed E-state index contributed by atoms with van der Waals surface area (Å²) in [5, 5.41) is 0. The Bertz CT molecular complexity index is 73.5. The first-order valence-corrected chi connectivity index (χ1v) is 5.76. The second kappa shape index (κ2) is 2.50. The summed E-state index contributed by atoms with van der Waals surface area (Å²) in [4.78, 5) is 9.23. The van der Waals surface area contributed by atoms with Gasteiger partial charge in [-0.3, -0.25) is 0 Å². The summed E-state index contributed by atoms with van der Waals surface area (Å²) in [5.74, 6) is 0. The summed E-state index contributed by atoms with van der Waals surface area (Å²) < 4.78 is 26.1. The normalized spacial score (nSPS) is 16.7. The quantitative estimate of drug-likeness (QED) is 0.388. The van der Waals surface area contributed by atoms with E-state index in [2.05, 4.69) is 0 Å². The molecule has 0 saturated heterocycles. The molecule has 0 saturated carbocycles. The SMILES string of the molecule is O=[P+]([O-])[Se](=O)O. The van der Waals surface area contributed by atoms with Crippen LogP contribution in [0.25, 0.3) is 0 Å². The van der Waals surface area contributed by atoms with Crippen LogP contribution in [0.1, 0.15) is 0 Å². The molecule has 0 aliphatic heterocycles. The fourth-order valence-corrected chi connectivity index (χ4v) is 0. The predicted molar refractivity (Wildman–Crippen MR) is 16.3 cm³/mol. The van der Waals surface area contributed by atoms with E-state index < -0.39 is 20.4 Å². The van der Waals surface area contributed by atoms with E-state index in [1.807, 2.05) is 0 Å². The molecule has 0 rings (SSSR count). The second-order valence-corrected chi connectivity index (χ2v) is 5.37. The first kappa shape index (κ1) is 6.34. The van der Waals surface area contributed by atoms with Crippen LogP contribution < -0.4 is 4.89 Å². The zero-order chi connectivity index (χ0) is 5.15. The van der Waals surface area contributed by atoms with Crippen molar-refractivity contribution in [3.63, 3.8) is 0 Å². The number of rotatable bonds is 1. The van der Waals surface area contributed by atoms with Crippen molar-refractivity contribution in [1.29, 1.82) is 0 Å². The Morgan fingerprint density at radius 2 is 2.00 bits per heavy atom. The van der Waals surface area contributed by atoms with E-state index in [9.17, 15) is 13.3 Å². The third kappa shape index (κ3) is 2.57. The van der Waals surface area contributed by atoms with Crippen molar-refractivity contribution in [2.45, 2.75) is 0 Å². The molecule has 4 nitrogen and oxygen atoms in total. The van der Waals surface area contributed by atoms with Gasteiger partial charge in [-0.15, -0.1) is 0 Å². The van der Waals surface area contributed by atoms with E-state index in [4.69, 9.17) is 4.19 Å². The average molecular weight is 175 g/mol. The monoisotopic (exact) mass is 176 g/mol. The molecule has 36 valence electrons. The zero-order valence-corrected chi connectivity index (χ0v) is 5.13. The Balaban J connectivity index is 3.57. The zero-order valence-electron chi connectivity index (χ0n) is 2.53. The van der Waals surface area contributed by atoms with E-state index in [-0.39, 0.29) is 0 Å². The molecule has 0 aliphatic rings. The second-order valence-electron chi connectivity index (χ2n) is 0.454. The van der Waals surface area contributed by atoms with E-state index in [1.54, 1.807) is 0 Å². The van der Waals surface area contributed by atoms with Crippen LogP contribution in [0.15, 0.2) is 0 Å². The Labute approximate surface area is 38.7 Å². The van der Waals surface area contributed by atoms with Gasteiger partial charge in [0.25, 0.3) is 0 Å². The van der Waals surface area contributed by atoms with Gasteiger partial charge in [-0.05, 0) is 0 Å². The third-order valence-corrected chi connectivity index (χ3v) is 1.99. The van der Waals surface area contributed by atoms with Crippen LogP contribution in [0, 0.1) is 0 Å². The summed E-state index contributed by atoms with van der Waals surface area (Å²) in [6.07, 6.45) is 0. The van der Waals surface area contributed by atoms with Gasteiger partial charge in [0.05, 0.1) is 0 Å². The van der Waals surface area contributed by atoms with Crippen LogP contribution >= 0.6 is 6.72 Å². The average Bonchev–Trinajstić information content (AvgIpc) is 1.36. The van der Waals surface area contributed by atoms with Gasteiger partial charge in [0.1, 0.15) is 0 Å². The summed E-state index contributed by atoms with van der Waals surface area (Å²) in [6.45, 7) is -3.03. The van der Waals surface area contributed by atoms with Gasteiger partial charge in [0.15, 0.2) is 0 Å². The van der Waals surface area contributed by atoms with Crippen LogP contribution in [0.4, 0.5) is 0 Å². The van der Waals surface area contributed by atoms with Crippen molar-refractivity contribution >= 4 is 20.4 Å². The van der Waals surface area contributed by atoms with Gasteiger partial charge in [-0.2, -0.15) is 0 Å². The minimum absolute atomic E-state index is 3.03. The number of hydrogen-bond donors (Lipinski definition) is 1. The maximum absolute atomic E-state index is 9.31. The fourth-order valence-electron chi connectivity index (χ4n) is 0. The molecule has 0 spiro atoms. The van der Waals surface area contributed by atoms with Gasteiger partial charge < -0.3 is 0 Å². The summed E-state index contributed by atoms with van der Waals surface area (Å²) >= 11 is -3.43. The molecule has 0 heterocycles. The molecule has 2 atom stereocenters. The molecule has 0 amide bonds. The van der Waals surface area contributed by atoms with Crippen molar-refractivity contribution in [3.05, 3.63) is 0 Å². The maximum atomic E-state index is 9.31. The van der Waals surface area contributed by atoms with E-state index in [1.165, 1.54) is 0 Å². The van der Waals surface area contributed by atoms with Crippen LogP contribution in [0.3, 0.4) is 0 Å². The molecule has 0 aromatic carbocycles. The molecular formula is HO4PSe. The van der Waals surface area contributed by atoms with Crippen molar-refractivity contribution in [3.8, 4) is 0 Å². The molecule has 0 aromatic heterocycles. The van der Waals surface area contributed by atoms with Gasteiger partial charge in [0, 0.05) is 0 Å². The van der Waals surface area contributed by atoms with Crippen LogP contribution in [-0.2, 0) is 8.40 Å². The van der Waals surface area contributed by atoms with Crippen molar-refractivity contribution in [1.82, 2.24) is 0 Å². The summed E-state index contributed by atoms with van der Waals surface area (Å²) in [5.41, 5.74) is 0. The first-order chi connectivity index (χ1) is 2.64. The molecule has 0 fully saturated rings. The Morgan fingerprint density at radius 3 is 2.00 bits per heavy atom. The summed E-state index contributed by atoms with van der Waals surface area (Å²) in [7, 11) is 0. The van der Waals surface area contributed by atoms with Crippen LogP contribution in [0.5, 0.6) is 0 Å². The Kier molecular flexibility index (Phi) is 2.64. The fraction of sp³-hybridized carbons (Fsp3) is 0. The minimum atomic E-state index is -3.43. The van der Waals surface area contributed by atoms with Crippen molar-refractivity contribution in [2.24, 2.45) is 0 Å². The Hall–Kier alpha value is 0.339. The van der Waals surface area contributed by atoms with Crippen LogP contribution in [-0.4, -0.2) is 17.9 Å². The molecular weight excluding hydrogens is 174 g/mol. The standard InChI is InChI=1S/HO4PSe/c1-5(2)6(3)4/h(H,3,4). The summed E-state index contributed by atoms with van der Waals surface area (Å²) in [6, 6.07) is 0. The third-order valence-electron chi connectivity index (χ3n) is 0.128. The first-order valence-electron chi connectivity index (χ1n) is 0.897. The Morgan fingerprint density at radius 1 is 1.83 bits per heavy atom. The molecule has 0 aromatic rings. The molecule has 1 N–H and O–H groups in total.